The number of nitrogens with one attached hydrogen (secondary N) is 1. The third-order valence-electron chi connectivity index (χ3n) is 1.78. The predicted molar refractivity (Wildman–Crippen MR) is 65.3 cm³/mol. The van der Waals surface area contributed by atoms with Crippen molar-refractivity contribution in [2.75, 3.05) is 12.4 Å². The van der Waals surface area contributed by atoms with Crippen molar-refractivity contribution in [3.63, 3.8) is 0 Å². The SMILES string of the molecule is CC.CNc1ccc2nc(C)sc2c1. The van der Waals surface area contributed by atoms with Crippen LogP contribution in [0.25, 0.3) is 10.2 Å². The lowest BCUT2D eigenvalue weighted by atomic mass is 10.3. The second-order valence-corrected chi connectivity index (χ2v) is 3.90. The van der Waals surface area contributed by atoms with Gasteiger partial charge in [-0.15, -0.1) is 11.3 Å². The van der Waals surface area contributed by atoms with Crippen molar-refractivity contribution < 1.29 is 0 Å². The molecule has 0 aliphatic rings. The van der Waals surface area contributed by atoms with Gasteiger partial charge in [0.25, 0.3) is 0 Å². The minimum atomic E-state index is 1.09. The standard InChI is InChI=1S/C9H10N2S.C2H6/c1-6-11-8-4-3-7(10-2)5-9(8)12-6;1-2/h3-5,10H,1-2H3;1-2H3. The maximum Gasteiger partial charge on any atom is 0.0907 e. The van der Waals surface area contributed by atoms with E-state index in [9.17, 15) is 0 Å². The van der Waals surface area contributed by atoms with E-state index in [1.165, 1.54) is 4.70 Å². The summed E-state index contributed by atoms with van der Waals surface area (Å²) >= 11 is 1.73. The van der Waals surface area contributed by atoms with Crippen molar-refractivity contribution in [2.45, 2.75) is 20.8 Å². The molecule has 0 spiro atoms. The number of benzene rings is 1. The lowest BCUT2D eigenvalue weighted by molar-refractivity contribution is 1.35. The molecule has 2 rings (SSSR count). The Labute approximate surface area is 89.0 Å². The van der Waals surface area contributed by atoms with Gasteiger partial charge >= 0.3 is 0 Å². The predicted octanol–water partition coefficient (Wildman–Crippen LogP) is 3.67. The molecule has 2 nitrogen and oxygen atoms in total. The van der Waals surface area contributed by atoms with Gasteiger partial charge in [0.05, 0.1) is 15.2 Å². The average molecular weight is 208 g/mol. The summed E-state index contributed by atoms with van der Waals surface area (Å²) in [6.07, 6.45) is 0. The van der Waals surface area contributed by atoms with Gasteiger partial charge < -0.3 is 5.32 Å². The summed E-state index contributed by atoms with van der Waals surface area (Å²) in [6.45, 7) is 6.03. The van der Waals surface area contributed by atoms with Gasteiger partial charge in [-0.05, 0) is 25.1 Å². The molecule has 2 aromatic rings. The van der Waals surface area contributed by atoms with Crippen LogP contribution in [0.5, 0.6) is 0 Å². The number of nitrogens with zero attached hydrogens (tertiary/aromatic N) is 1. The van der Waals surface area contributed by atoms with Crippen molar-refractivity contribution in [3.05, 3.63) is 23.2 Å². The second kappa shape index (κ2) is 4.96. The van der Waals surface area contributed by atoms with Gasteiger partial charge in [-0.3, -0.25) is 0 Å². The molecule has 0 bridgehead atoms. The Balaban J connectivity index is 0.000000461. The van der Waals surface area contributed by atoms with Gasteiger partial charge in [0.2, 0.25) is 0 Å². The van der Waals surface area contributed by atoms with Crippen molar-refractivity contribution in [1.29, 1.82) is 0 Å². The smallest absolute Gasteiger partial charge is 0.0907 e. The monoisotopic (exact) mass is 208 g/mol. The molecule has 0 aliphatic carbocycles. The van der Waals surface area contributed by atoms with Crippen LogP contribution >= 0.6 is 11.3 Å². The van der Waals surface area contributed by atoms with E-state index in [0.29, 0.717) is 0 Å². The Kier molecular flexibility index (Phi) is 3.89. The van der Waals surface area contributed by atoms with Gasteiger partial charge in [-0.1, -0.05) is 13.8 Å². The number of aryl methyl sites for hydroxylation is 1. The first-order valence-corrected chi connectivity index (χ1v) is 5.66. The Bertz CT molecular complexity index is 407. The number of hydrogen-bond acceptors (Lipinski definition) is 3. The van der Waals surface area contributed by atoms with Crippen LogP contribution in [0.1, 0.15) is 18.9 Å². The van der Waals surface area contributed by atoms with Gasteiger partial charge in [-0.25, -0.2) is 4.98 Å². The third kappa shape index (κ3) is 2.23. The lowest BCUT2D eigenvalue weighted by Gasteiger charge is -1.96. The van der Waals surface area contributed by atoms with E-state index in [1.54, 1.807) is 11.3 Å². The van der Waals surface area contributed by atoms with Crippen molar-refractivity contribution >= 4 is 27.2 Å². The first-order valence-electron chi connectivity index (χ1n) is 4.84. The van der Waals surface area contributed by atoms with Crippen LogP contribution in [-0.2, 0) is 0 Å². The first kappa shape index (κ1) is 11.0. The Morgan fingerprint density at radius 2 is 2.00 bits per heavy atom. The van der Waals surface area contributed by atoms with Crippen LogP contribution in [0.2, 0.25) is 0 Å². The average Bonchev–Trinajstić information content (AvgIpc) is 2.59. The lowest BCUT2D eigenvalue weighted by Crippen LogP contribution is -1.85. The zero-order valence-corrected chi connectivity index (χ0v) is 9.90. The highest BCUT2D eigenvalue weighted by Gasteiger charge is 1.99. The van der Waals surface area contributed by atoms with E-state index < -0.39 is 0 Å². The van der Waals surface area contributed by atoms with Gasteiger partial charge in [-0.2, -0.15) is 0 Å². The van der Waals surface area contributed by atoms with E-state index in [1.807, 2.05) is 40.0 Å². The Morgan fingerprint density at radius 3 is 2.64 bits per heavy atom. The number of rotatable bonds is 1. The van der Waals surface area contributed by atoms with Crippen LogP contribution in [0.3, 0.4) is 0 Å². The highest BCUT2D eigenvalue weighted by atomic mass is 32.1. The van der Waals surface area contributed by atoms with Crippen LogP contribution < -0.4 is 5.32 Å². The molecule has 0 amide bonds. The van der Waals surface area contributed by atoms with E-state index in [-0.39, 0.29) is 0 Å². The summed E-state index contributed by atoms with van der Waals surface area (Å²) in [4.78, 5) is 4.38. The Hall–Kier alpha value is -1.09. The number of fused-ring (bicyclic) bond motifs is 1. The van der Waals surface area contributed by atoms with Crippen molar-refractivity contribution in [2.24, 2.45) is 0 Å². The maximum absolute atomic E-state index is 4.38. The van der Waals surface area contributed by atoms with Crippen LogP contribution in [0.4, 0.5) is 5.69 Å². The molecule has 1 heterocycles. The second-order valence-electron chi connectivity index (χ2n) is 2.67. The summed E-state index contributed by atoms with van der Waals surface area (Å²) < 4.78 is 1.25. The first-order chi connectivity index (χ1) is 6.79. The molecule has 14 heavy (non-hydrogen) atoms. The fourth-order valence-electron chi connectivity index (χ4n) is 1.20. The normalized spacial score (nSPS) is 9.43. The molecule has 1 aromatic heterocycles. The molecule has 3 heteroatoms. The molecule has 0 saturated carbocycles. The van der Waals surface area contributed by atoms with Crippen LogP contribution in [0.15, 0.2) is 18.2 Å². The van der Waals surface area contributed by atoms with E-state index in [2.05, 4.69) is 16.4 Å². The van der Waals surface area contributed by atoms with Crippen molar-refractivity contribution in [1.82, 2.24) is 4.98 Å². The Morgan fingerprint density at radius 1 is 1.29 bits per heavy atom. The molecule has 1 N–H and O–H groups in total. The summed E-state index contributed by atoms with van der Waals surface area (Å²) in [6, 6.07) is 6.21. The van der Waals surface area contributed by atoms with Crippen molar-refractivity contribution in [3.8, 4) is 0 Å². The number of anilines is 1. The van der Waals surface area contributed by atoms with Crippen LogP contribution in [-0.4, -0.2) is 12.0 Å². The number of aromatic nitrogens is 1. The minimum Gasteiger partial charge on any atom is -0.388 e. The molecule has 0 unspecified atom stereocenters. The van der Waals surface area contributed by atoms with Gasteiger partial charge in [0.15, 0.2) is 0 Å². The molecule has 0 fully saturated rings. The molecule has 0 aliphatic heterocycles. The molecule has 0 atom stereocenters. The van der Waals surface area contributed by atoms with Gasteiger partial charge in [0, 0.05) is 12.7 Å². The van der Waals surface area contributed by atoms with Crippen LogP contribution in [0, 0.1) is 6.92 Å². The molecule has 0 saturated heterocycles. The third-order valence-corrected chi connectivity index (χ3v) is 2.72. The molecular formula is C11H16N2S. The van der Waals surface area contributed by atoms with E-state index in [4.69, 9.17) is 0 Å². The highest BCUT2D eigenvalue weighted by Crippen LogP contribution is 2.24. The summed E-state index contributed by atoms with van der Waals surface area (Å²) in [5.41, 5.74) is 2.24. The topological polar surface area (TPSA) is 24.9 Å². The van der Waals surface area contributed by atoms with E-state index >= 15 is 0 Å². The molecule has 76 valence electrons. The van der Waals surface area contributed by atoms with Gasteiger partial charge in [0.1, 0.15) is 0 Å². The summed E-state index contributed by atoms with van der Waals surface area (Å²) in [5.74, 6) is 0. The fraction of sp³-hybridized carbons (Fsp3) is 0.364. The maximum atomic E-state index is 4.38. The number of hydrogen-bond donors (Lipinski definition) is 1. The minimum absolute atomic E-state index is 1.09. The summed E-state index contributed by atoms with van der Waals surface area (Å²) in [7, 11) is 1.93. The fourth-order valence-corrected chi connectivity index (χ4v) is 2.06. The van der Waals surface area contributed by atoms with E-state index in [0.717, 1.165) is 16.2 Å². The largest absolute Gasteiger partial charge is 0.388 e. The summed E-state index contributed by atoms with van der Waals surface area (Å²) in [5, 5.41) is 4.23. The highest BCUT2D eigenvalue weighted by molar-refractivity contribution is 7.18. The zero-order valence-electron chi connectivity index (χ0n) is 9.09. The molecular weight excluding hydrogens is 192 g/mol. The zero-order chi connectivity index (χ0) is 10.6. The quantitative estimate of drug-likeness (QED) is 0.773. The number of thiazole rings is 1. The molecule has 1 aromatic carbocycles. The molecule has 0 radical (unpaired) electrons.